The summed E-state index contributed by atoms with van der Waals surface area (Å²) in [6.45, 7) is 6.06. The van der Waals surface area contributed by atoms with Gasteiger partial charge in [-0.15, -0.1) is 0 Å². The van der Waals surface area contributed by atoms with Gasteiger partial charge in [-0.1, -0.05) is 11.6 Å². The van der Waals surface area contributed by atoms with E-state index in [9.17, 15) is 9.59 Å². The molecule has 4 heterocycles. The van der Waals surface area contributed by atoms with Crippen LogP contribution in [0.5, 0.6) is 0 Å². The van der Waals surface area contributed by atoms with Crippen molar-refractivity contribution in [2.45, 2.75) is 39.3 Å². The summed E-state index contributed by atoms with van der Waals surface area (Å²) in [5, 5.41) is 1.58. The molecule has 9 heteroatoms. The highest BCUT2D eigenvalue weighted by atomic mass is 16.1. The van der Waals surface area contributed by atoms with E-state index in [0.29, 0.717) is 11.9 Å². The number of rotatable bonds is 3. The summed E-state index contributed by atoms with van der Waals surface area (Å²) >= 11 is 0. The first kappa shape index (κ1) is 20.6. The molecule has 1 N–H and O–H groups in total. The molecule has 172 valence electrons. The van der Waals surface area contributed by atoms with E-state index in [4.69, 9.17) is 0 Å². The lowest BCUT2D eigenvalue weighted by molar-refractivity contribution is 0.385. The summed E-state index contributed by atoms with van der Waals surface area (Å²) in [6, 6.07) is 9.81. The average Bonchev–Trinajstić information content (AvgIpc) is 3.16. The summed E-state index contributed by atoms with van der Waals surface area (Å²) in [5.41, 5.74) is 4.14. The predicted molar refractivity (Wildman–Crippen MR) is 133 cm³/mol. The van der Waals surface area contributed by atoms with Gasteiger partial charge in [-0.2, -0.15) is 0 Å². The summed E-state index contributed by atoms with van der Waals surface area (Å²) in [6.07, 6.45) is 4.90. The van der Waals surface area contributed by atoms with Gasteiger partial charge in [0.2, 0.25) is 0 Å². The highest BCUT2D eigenvalue weighted by molar-refractivity contribution is 5.98. The maximum absolute atomic E-state index is 13.1. The van der Waals surface area contributed by atoms with Crippen LogP contribution in [0.25, 0.3) is 32.8 Å². The van der Waals surface area contributed by atoms with Crippen molar-refractivity contribution < 1.29 is 0 Å². The zero-order chi connectivity index (χ0) is 23.4. The number of fused-ring (bicyclic) bond motifs is 3. The van der Waals surface area contributed by atoms with Gasteiger partial charge >= 0.3 is 5.69 Å². The second kappa shape index (κ2) is 7.79. The van der Waals surface area contributed by atoms with Crippen LogP contribution in [0.2, 0.25) is 0 Å². The van der Waals surface area contributed by atoms with Gasteiger partial charge in [0.1, 0.15) is 12.1 Å². The van der Waals surface area contributed by atoms with E-state index >= 15 is 0 Å². The normalized spacial score (nSPS) is 15.1. The number of imidazole rings is 1. The molecule has 1 fully saturated rings. The van der Waals surface area contributed by atoms with E-state index in [1.807, 2.05) is 44.2 Å². The minimum absolute atomic E-state index is 0.0198. The van der Waals surface area contributed by atoms with Crippen LogP contribution >= 0.6 is 0 Å². The van der Waals surface area contributed by atoms with E-state index in [1.165, 1.54) is 0 Å². The molecule has 1 aliphatic rings. The maximum Gasteiger partial charge on any atom is 0.326 e. The van der Waals surface area contributed by atoms with Crippen LogP contribution in [0.4, 0.5) is 5.82 Å². The molecule has 0 aliphatic carbocycles. The third kappa shape index (κ3) is 3.19. The molecule has 0 bridgehead atoms. The van der Waals surface area contributed by atoms with Crippen LogP contribution in [0, 0.1) is 6.92 Å². The van der Waals surface area contributed by atoms with Crippen molar-refractivity contribution in [3.05, 3.63) is 69.4 Å². The van der Waals surface area contributed by atoms with Gasteiger partial charge in [-0.05, 0) is 51.0 Å². The molecule has 2 aromatic carbocycles. The molecule has 3 aromatic heterocycles. The van der Waals surface area contributed by atoms with Crippen LogP contribution in [0.3, 0.4) is 0 Å². The van der Waals surface area contributed by atoms with Crippen LogP contribution in [-0.2, 0) is 6.54 Å². The lowest BCUT2D eigenvalue weighted by Gasteiger charge is -2.34. The number of piperidine rings is 1. The van der Waals surface area contributed by atoms with Crippen molar-refractivity contribution in [1.82, 2.24) is 29.1 Å². The van der Waals surface area contributed by atoms with E-state index < -0.39 is 0 Å². The van der Waals surface area contributed by atoms with Gasteiger partial charge in [0.25, 0.3) is 5.56 Å². The highest BCUT2D eigenvalue weighted by Gasteiger charge is 2.24. The number of aryl methyl sites for hydroxylation is 2. The number of anilines is 1. The number of H-pyrrole nitrogens is 1. The monoisotopic (exact) mass is 455 g/mol. The number of aromatic nitrogens is 6. The zero-order valence-corrected chi connectivity index (χ0v) is 19.2. The fourth-order valence-corrected chi connectivity index (χ4v) is 5.13. The largest absolute Gasteiger partial charge is 0.356 e. The molecule has 0 radical (unpaired) electrons. The highest BCUT2D eigenvalue weighted by Crippen LogP contribution is 2.31. The van der Waals surface area contributed by atoms with Crippen LogP contribution in [0.15, 0.2) is 52.6 Å². The fraction of sp³-hybridized carbons (Fsp3) is 0.320. The Morgan fingerprint density at radius 2 is 1.82 bits per heavy atom. The third-order valence-corrected chi connectivity index (χ3v) is 6.92. The zero-order valence-electron chi connectivity index (χ0n) is 19.2. The van der Waals surface area contributed by atoms with E-state index in [1.54, 1.807) is 21.8 Å². The Balaban J connectivity index is 1.32. The molecule has 0 spiro atoms. The number of nitrogens with one attached hydrogen (secondary N) is 1. The minimum atomic E-state index is -0.118. The van der Waals surface area contributed by atoms with Crippen molar-refractivity contribution in [2.75, 3.05) is 18.0 Å². The number of hydrogen-bond acceptors (Lipinski definition) is 6. The predicted octanol–water partition coefficient (Wildman–Crippen LogP) is 3.15. The van der Waals surface area contributed by atoms with Gasteiger partial charge in [-0.3, -0.25) is 13.9 Å². The van der Waals surface area contributed by atoms with Crippen molar-refractivity contribution in [3.8, 4) is 0 Å². The van der Waals surface area contributed by atoms with Crippen molar-refractivity contribution in [3.63, 3.8) is 0 Å². The summed E-state index contributed by atoms with van der Waals surface area (Å²) in [4.78, 5) is 44.2. The standard InChI is InChI=1S/C25H25N7O2/c1-3-31-22-12-20-17(11-21(22)29-25(31)34)23(27-13-26-20)30-8-6-16(7-9-30)32-14-28-19-5-4-15(2)10-18(19)24(32)33/h4-5,10-14,16H,3,6-9H2,1-2H3,(H,29,34). The Hall–Kier alpha value is -4.01. The van der Waals surface area contributed by atoms with Crippen LogP contribution < -0.4 is 16.1 Å². The Morgan fingerprint density at radius 1 is 1.00 bits per heavy atom. The molecule has 0 amide bonds. The summed E-state index contributed by atoms with van der Waals surface area (Å²) < 4.78 is 3.50. The minimum Gasteiger partial charge on any atom is -0.356 e. The maximum atomic E-state index is 13.1. The molecular formula is C25H25N7O2. The van der Waals surface area contributed by atoms with Gasteiger partial charge in [0.15, 0.2) is 0 Å². The lowest BCUT2D eigenvalue weighted by atomic mass is 10.0. The molecule has 5 aromatic rings. The average molecular weight is 456 g/mol. The van der Waals surface area contributed by atoms with E-state index in [0.717, 1.165) is 64.8 Å². The number of aromatic amines is 1. The van der Waals surface area contributed by atoms with E-state index in [-0.39, 0.29) is 17.3 Å². The lowest BCUT2D eigenvalue weighted by Crippen LogP contribution is -2.38. The Bertz CT molecular complexity index is 1670. The molecular weight excluding hydrogens is 430 g/mol. The number of hydrogen-bond donors (Lipinski definition) is 1. The summed E-state index contributed by atoms with van der Waals surface area (Å²) in [5.74, 6) is 0.857. The Kier molecular flexibility index (Phi) is 4.72. The number of nitrogens with zero attached hydrogens (tertiary/aromatic N) is 6. The van der Waals surface area contributed by atoms with Crippen molar-refractivity contribution >= 4 is 38.7 Å². The molecule has 6 rings (SSSR count). The fourth-order valence-electron chi connectivity index (χ4n) is 5.13. The SMILES string of the molecule is CCn1c(=O)[nH]c2cc3c(N4CCC(n5cnc6ccc(C)cc6c5=O)CC4)ncnc3cc21. The smallest absolute Gasteiger partial charge is 0.326 e. The second-order valence-electron chi connectivity index (χ2n) is 8.95. The summed E-state index contributed by atoms with van der Waals surface area (Å²) in [7, 11) is 0. The first-order valence-electron chi connectivity index (χ1n) is 11.6. The van der Waals surface area contributed by atoms with Crippen molar-refractivity contribution in [1.29, 1.82) is 0 Å². The van der Waals surface area contributed by atoms with E-state index in [2.05, 4.69) is 24.8 Å². The second-order valence-corrected chi connectivity index (χ2v) is 8.95. The Morgan fingerprint density at radius 3 is 2.62 bits per heavy atom. The topological polar surface area (TPSA) is 102 Å². The molecule has 9 nitrogen and oxygen atoms in total. The quantitative estimate of drug-likeness (QED) is 0.448. The first-order valence-corrected chi connectivity index (χ1v) is 11.6. The Labute approximate surface area is 194 Å². The van der Waals surface area contributed by atoms with Gasteiger partial charge in [0.05, 0.1) is 33.8 Å². The first-order chi connectivity index (χ1) is 16.5. The number of benzene rings is 2. The molecule has 0 unspecified atom stereocenters. The molecule has 0 saturated carbocycles. The van der Waals surface area contributed by atoms with Gasteiger partial charge in [0, 0.05) is 31.1 Å². The molecule has 0 atom stereocenters. The molecule has 1 aliphatic heterocycles. The van der Waals surface area contributed by atoms with Crippen LogP contribution in [0.1, 0.15) is 31.4 Å². The molecule has 34 heavy (non-hydrogen) atoms. The third-order valence-electron chi connectivity index (χ3n) is 6.92. The van der Waals surface area contributed by atoms with Gasteiger partial charge < -0.3 is 9.88 Å². The molecule has 1 saturated heterocycles. The van der Waals surface area contributed by atoms with Crippen molar-refractivity contribution in [2.24, 2.45) is 0 Å². The van der Waals surface area contributed by atoms with Crippen LogP contribution in [-0.4, -0.2) is 42.2 Å². The van der Waals surface area contributed by atoms with Gasteiger partial charge in [-0.25, -0.2) is 19.7 Å².